The van der Waals surface area contributed by atoms with E-state index in [1.54, 1.807) is 0 Å². The zero-order valence-corrected chi connectivity index (χ0v) is 12.8. The topological polar surface area (TPSA) is 54.0 Å². The third kappa shape index (κ3) is 26.0. The second kappa shape index (κ2) is 27.0. The Hall–Kier alpha value is -0.910. The third-order valence-electron chi connectivity index (χ3n) is 2.60. The van der Waals surface area contributed by atoms with E-state index in [0.717, 1.165) is 32.1 Å². The molecule has 5 nitrogen and oxygen atoms in total. The van der Waals surface area contributed by atoms with Crippen LogP contribution in [0.3, 0.4) is 0 Å². The van der Waals surface area contributed by atoms with E-state index in [-0.39, 0.29) is 36.3 Å². The molecule has 0 fully saturated rings. The fourth-order valence-electron chi connectivity index (χ4n) is 1.53. The van der Waals surface area contributed by atoms with Gasteiger partial charge in [0.25, 0.3) is 0 Å². The van der Waals surface area contributed by atoms with Gasteiger partial charge in [0.05, 0.1) is 19.8 Å². The predicted octanol–water partition coefficient (Wildman–Crippen LogP) is 4.75. The minimum atomic E-state index is -0.411. The second-order valence-electron chi connectivity index (χ2n) is 4.50. The summed E-state index contributed by atoms with van der Waals surface area (Å²) in [5, 5.41) is 0. The standard InChI is InChI=1S/C15H28O5.4CH4/c1-4-15(16)20-12-11-18-8-6-7-14(3)13-19-10-9-17-5-2;;;;/h4,14H,1,5-13H2,2-3H3;4*1H4. The molecule has 0 saturated carbocycles. The normalized spacial score (nSPS) is 10.1. The van der Waals surface area contributed by atoms with Gasteiger partial charge in [-0.2, -0.15) is 0 Å². The molecule has 0 aromatic heterocycles. The van der Waals surface area contributed by atoms with E-state index < -0.39 is 5.97 Å². The fraction of sp³-hybridized carbons (Fsp3) is 0.842. The number of ether oxygens (including phenoxy) is 4. The highest BCUT2D eigenvalue weighted by Gasteiger charge is 2.02. The van der Waals surface area contributed by atoms with Gasteiger partial charge >= 0.3 is 5.97 Å². The highest BCUT2D eigenvalue weighted by atomic mass is 16.6. The molecule has 0 aliphatic carbocycles. The molecule has 0 radical (unpaired) electrons. The molecule has 0 aliphatic rings. The molecule has 1 unspecified atom stereocenters. The van der Waals surface area contributed by atoms with Gasteiger partial charge in [-0.25, -0.2) is 4.79 Å². The summed E-state index contributed by atoms with van der Waals surface area (Å²) in [4.78, 5) is 10.7. The highest BCUT2D eigenvalue weighted by Crippen LogP contribution is 2.06. The van der Waals surface area contributed by atoms with E-state index in [4.69, 9.17) is 18.9 Å². The minimum absolute atomic E-state index is 0. The van der Waals surface area contributed by atoms with Gasteiger partial charge in [-0.3, -0.25) is 0 Å². The van der Waals surface area contributed by atoms with Gasteiger partial charge in [-0.15, -0.1) is 0 Å². The molecule has 0 saturated heterocycles. The summed E-state index contributed by atoms with van der Waals surface area (Å²) in [6.45, 7) is 11.6. The van der Waals surface area contributed by atoms with Crippen molar-refractivity contribution < 1.29 is 23.7 Å². The number of esters is 1. The summed E-state index contributed by atoms with van der Waals surface area (Å²) >= 11 is 0. The Morgan fingerprint density at radius 3 is 2.12 bits per heavy atom. The van der Waals surface area contributed by atoms with Crippen LogP contribution in [-0.2, 0) is 23.7 Å². The SMILES string of the molecule is C.C.C.C.C=CC(=O)OCCOCCCC(C)COCCOCC. The first-order valence-corrected chi connectivity index (χ1v) is 7.23. The van der Waals surface area contributed by atoms with Gasteiger partial charge in [-0.1, -0.05) is 43.2 Å². The Bertz CT molecular complexity index is 244. The van der Waals surface area contributed by atoms with Crippen LogP contribution in [-0.4, -0.2) is 52.2 Å². The van der Waals surface area contributed by atoms with Gasteiger partial charge in [0, 0.05) is 25.9 Å². The van der Waals surface area contributed by atoms with E-state index >= 15 is 0 Å². The second-order valence-corrected chi connectivity index (χ2v) is 4.50. The van der Waals surface area contributed by atoms with Gasteiger partial charge in [-0.05, 0) is 25.7 Å². The van der Waals surface area contributed by atoms with Crippen LogP contribution in [0, 0.1) is 5.92 Å². The molecule has 0 spiro atoms. The summed E-state index contributed by atoms with van der Waals surface area (Å²) < 4.78 is 20.8. The van der Waals surface area contributed by atoms with Gasteiger partial charge in [0.1, 0.15) is 6.61 Å². The monoisotopic (exact) mass is 352 g/mol. The number of rotatable bonds is 14. The molecular weight excluding hydrogens is 308 g/mol. The lowest BCUT2D eigenvalue weighted by atomic mass is 10.1. The van der Waals surface area contributed by atoms with Crippen LogP contribution >= 0.6 is 0 Å². The highest BCUT2D eigenvalue weighted by molar-refractivity contribution is 5.81. The maximum atomic E-state index is 10.7. The molecule has 150 valence electrons. The van der Waals surface area contributed by atoms with Crippen molar-refractivity contribution in [1.29, 1.82) is 0 Å². The Morgan fingerprint density at radius 1 is 0.958 bits per heavy atom. The van der Waals surface area contributed by atoms with E-state index in [1.807, 2.05) is 6.92 Å². The first kappa shape index (κ1) is 34.4. The fourth-order valence-corrected chi connectivity index (χ4v) is 1.53. The largest absolute Gasteiger partial charge is 0.460 e. The zero-order valence-electron chi connectivity index (χ0n) is 12.8. The number of carbonyl (C=O) groups is 1. The first-order chi connectivity index (χ1) is 9.70. The van der Waals surface area contributed by atoms with Gasteiger partial charge in [0.2, 0.25) is 0 Å². The summed E-state index contributed by atoms with van der Waals surface area (Å²) in [6, 6.07) is 0. The Morgan fingerprint density at radius 2 is 1.54 bits per heavy atom. The van der Waals surface area contributed by atoms with E-state index in [9.17, 15) is 4.79 Å². The Kier molecular flexibility index (Phi) is 38.7. The Labute approximate surface area is 151 Å². The van der Waals surface area contributed by atoms with E-state index in [1.165, 1.54) is 0 Å². The lowest BCUT2D eigenvalue weighted by Crippen LogP contribution is -2.12. The summed E-state index contributed by atoms with van der Waals surface area (Å²) in [6.07, 6.45) is 3.18. The summed E-state index contributed by atoms with van der Waals surface area (Å²) in [5.41, 5.74) is 0. The minimum Gasteiger partial charge on any atom is -0.460 e. The molecule has 24 heavy (non-hydrogen) atoms. The predicted molar refractivity (Wildman–Crippen MR) is 105 cm³/mol. The van der Waals surface area contributed by atoms with Gasteiger partial charge < -0.3 is 18.9 Å². The lowest BCUT2D eigenvalue weighted by Gasteiger charge is -2.12. The quantitative estimate of drug-likeness (QED) is 0.257. The van der Waals surface area contributed by atoms with Crippen LogP contribution in [0.2, 0.25) is 0 Å². The summed E-state index contributed by atoms with van der Waals surface area (Å²) in [7, 11) is 0. The van der Waals surface area contributed by atoms with Crippen LogP contribution in [0.25, 0.3) is 0 Å². The zero-order chi connectivity index (χ0) is 15.1. The smallest absolute Gasteiger partial charge is 0.330 e. The van der Waals surface area contributed by atoms with Crippen LogP contribution in [0.15, 0.2) is 12.7 Å². The Balaban J connectivity index is -0.000000301. The average molecular weight is 353 g/mol. The molecule has 1 atom stereocenters. The molecule has 0 amide bonds. The van der Waals surface area contributed by atoms with Crippen molar-refractivity contribution in [3.63, 3.8) is 0 Å². The lowest BCUT2D eigenvalue weighted by molar-refractivity contribution is -0.139. The number of hydrogen-bond acceptors (Lipinski definition) is 5. The van der Waals surface area contributed by atoms with Crippen LogP contribution in [0.5, 0.6) is 0 Å². The van der Waals surface area contributed by atoms with Crippen molar-refractivity contribution in [3.05, 3.63) is 12.7 Å². The van der Waals surface area contributed by atoms with Crippen LogP contribution < -0.4 is 0 Å². The van der Waals surface area contributed by atoms with Crippen molar-refractivity contribution in [1.82, 2.24) is 0 Å². The molecule has 0 heterocycles. The number of hydrogen-bond donors (Lipinski definition) is 0. The molecular formula is C19H44O5. The van der Waals surface area contributed by atoms with Crippen molar-refractivity contribution in [2.45, 2.75) is 56.4 Å². The van der Waals surface area contributed by atoms with E-state index in [2.05, 4.69) is 13.5 Å². The molecule has 0 N–H and O–H groups in total. The molecule has 0 aromatic rings. The van der Waals surface area contributed by atoms with Crippen molar-refractivity contribution in [3.8, 4) is 0 Å². The summed E-state index contributed by atoms with van der Waals surface area (Å²) in [5.74, 6) is 0.102. The average Bonchev–Trinajstić information content (AvgIpc) is 2.45. The maximum absolute atomic E-state index is 10.7. The molecule has 0 rings (SSSR count). The maximum Gasteiger partial charge on any atom is 0.330 e. The van der Waals surface area contributed by atoms with Crippen LogP contribution in [0.1, 0.15) is 56.4 Å². The van der Waals surface area contributed by atoms with Crippen molar-refractivity contribution in [2.24, 2.45) is 5.92 Å². The first-order valence-electron chi connectivity index (χ1n) is 7.23. The van der Waals surface area contributed by atoms with E-state index in [0.29, 0.717) is 32.3 Å². The van der Waals surface area contributed by atoms with Crippen molar-refractivity contribution >= 4 is 5.97 Å². The molecule has 0 bridgehead atoms. The molecule has 5 heteroatoms. The van der Waals surface area contributed by atoms with Crippen LogP contribution in [0.4, 0.5) is 0 Å². The third-order valence-corrected chi connectivity index (χ3v) is 2.60. The van der Waals surface area contributed by atoms with Gasteiger partial charge in [0.15, 0.2) is 0 Å². The van der Waals surface area contributed by atoms with Crippen molar-refractivity contribution in [2.75, 3.05) is 46.2 Å². The molecule has 0 aromatic carbocycles. The molecule has 0 aliphatic heterocycles. The number of carbonyl (C=O) groups excluding carboxylic acids is 1.